The van der Waals surface area contributed by atoms with Crippen LogP contribution >= 0.6 is 11.8 Å². The van der Waals surface area contributed by atoms with Crippen LogP contribution in [0.1, 0.15) is 25.3 Å². The van der Waals surface area contributed by atoms with E-state index in [1.165, 1.54) is 11.5 Å². The second-order valence-electron chi connectivity index (χ2n) is 6.77. The molecule has 1 aliphatic heterocycles. The molecule has 28 heavy (non-hydrogen) atoms. The molecule has 9 heteroatoms. The van der Waals surface area contributed by atoms with Crippen molar-refractivity contribution >= 4 is 23.5 Å². The Balaban J connectivity index is 1.56. The molecule has 0 unspecified atom stereocenters. The molecule has 3 rings (SSSR count). The third-order valence-corrected chi connectivity index (χ3v) is 5.55. The van der Waals surface area contributed by atoms with Crippen molar-refractivity contribution in [3.8, 4) is 0 Å². The van der Waals surface area contributed by atoms with E-state index in [0.29, 0.717) is 24.7 Å². The van der Waals surface area contributed by atoms with Crippen LogP contribution in [0.15, 0.2) is 40.3 Å². The molecule has 0 bridgehead atoms. The van der Waals surface area contributed by atoms with Gasteiger partial charge in [-0.1, -0.05) is 42.1 Å². The summed E-state index contributed by atoms with van der Waals surface area (Å²) < 4.78 is 7.07. The molecule has 150 valence electrons. The second kappa shape index (κ2) is 9.70. The van der Waals surface area contributed by atoms with Gasteiger partial charge < -0.3 is 10.1 Å². The van der Waals surface area contributed by atoms with E-state index >= 15 is 0 Å². The fourth-order valence-corrected chi connectivity index (χ4v) is 3.85. The number of rotatable bonds is 9. The van der Waals surface area contributed by atoms with Gasteiger partial charge in [0.05, 0.1) is 24.4 Å². The lowest BCUT2D eigenvalue weighted by molar-refractivity contribution is -0.125. The Morgan fingerprint density at radius 1 is 1.39 bits per heavy atom. The predicted octanol–water partition coefficient (Wildman–Crippen LogP) is 1.16. The first kappa shape index (κ1) is 20.3. The molecule has 2 aromatic rings. The number of ketones is 1. The lowest BCUT2D eigenvalue weighted by Crippen LogP contribution is -2.42. The minimum atomic E-state index is -0.580. The first-order chi connectivity index (χ1) is 13.5. The number of aromatic nitrogens is 3. The molecule has 1 aromatic heterocycles. The van der Waals surface area contributed by atoms with Gasteiger partial charge in [0, 0.05) is 6.61 Å². The smallest absolute Gasteiger partial charge is 0.344 e. The van der Waals surface area contributed by atoms with Gasteiger partial charge in [0.1, 0.15) is 0 Å². The fourth-order valence-electron chi connectivity index (χ4n) is 3.08. The molecule has 1 aliphatic rings. The van der Waals surface area contributed by atoms with Gasteiger partial charge in [-0.05, 0) is 31.7 Å². The topological polar surface area (TPSA) is 106 Å². The van der Waals surface area contributed by atoms with E-state index in [4.69, 9.17) is 4.74 Å². The largest absolute Gasteiger partial charge is 0.376 e. The van der Waals surface area contributed by atoms with Crippen molar-refractivity contribution in [2.45, 2.75) is 50.0 Å². The molecule has 8 nitrogen and oxygen atoms in total. The molecular weight excluding hydrogens is 380 g/mol. The zero-order valence-corrected chi connectivity index (χ0v) is 16.5. The summed E-state index contributed by atoms with van der Waals surface area (Å²) in [5, 5.41) is 9.64. The number of Topliss-reactive ketones (excluding diaryl/α,β-unsaturated/α-hetero) is 1. The number of aromatic amines is 1. The summed E-state index contributed by atoms with van der Waals surface area (Å²) in [5.41, 5.74) is 0.664. The van der Waals surface area contributed by atoms with Crippen LogP contribution in [0.2, 0.25) is 0 Å². The van der Waals surface area contributed by atoms with Crippen LogP contribution in [-0.4, -0.2) is 51.0 Å². The highest BCUT2D eigenvalue weighted by Crippen LogP contribution is 2.18. The van der Waals surface area contributed by atoms with Crippen LogP contribution in [0.25, 0.3) is 0 Å². The Morgan fingerprint density at radius 3 is 2.86 bits per heavy atom. The van der Waals surface area contributed by atoms with Crippen molar-refractivity contribution in [3.05, 3.63) is 46.4 Å². The Morgan fingerprint density at radius 2 is 2.18 bits per heavy atom. The van der Waals surface area contributed by atoms with E-state index in [0.717, 1.165) is 30.2 Å². The lowest BCUT2D eigenvalue weighted by atomic mass is 10.0. The number of nitrogens with one attached hydrogen (secondary N) is 2. The molecule has 1 aromatic carbocycles. The van der Waals surface area contributed by atoms with Gasteiger partial charge >= 0.3 is 5.69 Å². The summed E-state index contributed by atoms with van der Waals surface area (Å²) >= 11 is 1.16. The average Bonchev–Trinajstić information content (AvgIpc) is 3.31. The molecule has 2 N–H and O–H groups in total. The third kappa shape index (κ3) is 5.56. The summed E-state index contributed by atoms with van der Waals surface area (Å²) in [4.78, 5) is 36.2. The summed E-state index contributed by atoms with van der Waals surface area (Å²) in [5.74, 6) is -0.313. The van der Waals surface area contributed by atoms with E-state index < -0.39 is 6.04 Å². The van der Waals surface area contributed by atoms with Crippen LogP contribution in [0.5, 0.6) is 0 Å². The van der Waals surface area contributed by atoms with E-state index in [1.807, 2.05) is 30.3 Å². The quantitative estimate of drug-likeness (QED) is 0.608. The van der Waals surface area contributed by atoms with Gasteiger partial charge in [0.25, 0.3) is 0 Å². The summed E-state index contributed by atoms with van der Waals surface area (Å²) in [6.07, 6.45) is 2.33. The van der Waals surface area contributed by atoms with Crippen LogP contribution < -0.4 is 11.0 Å². The summed E-state index contributed by atoms with van der Waals surface area (Å²) in [6.45, 7) is 2.59. The Kier molecular flexibility index (Phi) is 7.05. The number of nitrogens with zero attached hydrogens (tertiary/aromatic N) is 2. The van der Waals surface area contributed by atoms with Crippen LogP contribution in [-0.2, 0) is 27.3 Å². The Bertz CT molecular complexity index is 858. The highest BCUT2D eigenvalue weighted by molar-refractivity contribution is 7.99. The van der Waals surface area contributed by atoms with Crippen molar-refractivity contribution < 1.29 is 14.3 Å². The van der Waals surface area contributed by atoms with Gasteiger partial charge in [-0.2, -0.15) is 0 Å². The van der Waals surface area contributed by atoms with Crippen molar-refractivity contribution in [2.75, 3.05) is 12.4 Å². The monoisotopic (exact) mass is 404 g/mol. The Hall–Kier alpha value is -2.39. The predicted molar refractivity (Wildman–Crippen MR) is 105 cm³/mol. The normalized spacial score (nSPS) is 17.4. The van der Waals surface area contributed by atoms with Crippen LogP contribution in [0.4, 0.5) is 0 Å². The zero-order valence-electron chi connectivity index (χ0n) is 15.7. The maximum absolute atomic E-state index is 12.3. The Labute approximate surface area is 167 Å². The van der Waals surface area contributed by atoms with Crippen molar-refractivity contribution in [1.29, 1.82) is 0 Å². The van der Waals surface area contributed by atoms with E-state index in [9.17, 15) is 14.4 Å². The summed E-state index contributed by atoms with van der Waals surface area (Å²) in [7, 11) is 0. The first-order valence-corrected chi connectivity index (χ1v) is 10.2. The first-order valence-electron chi connectivity index (χ1n) is 9.26. The SMILES string of the molecule is CC(=O)[C@@H](Cc1ccccc1)NC(=O)CSc1n[nH]c(=O)n1C[C@@H]1CCCO1. The minimum Gasteiger partial charge on any atom is -0.376 e. The molecule has 1 fully saturated rings. The van der Waals surface area contributed by atoms with Crippen LogP contribution in [0, 0.1) is 0 Å². The number of carbonyl (C=O) groups excluding carboxylic acids is 2. The molecule has 1 saturated heterocycles. The third-order valence-electron chi connectivity index (χ3n) is 4.57. The number of thioether (sulfide) groups is 1. The van der Waals surface area contributed by atoms with Gasteiger partial charge in [-0.25, -0.2) is 9.89 Å². The van der Waals surface area contributed by atoms with E-state index in [1.54, 1.807) is 0 Å². The van der Waals surface area contributed by atoms with Gasteiger partial charge in [-0.3, -0.25) is 14.2 Å². The van der Waals surface area contributed by atoms with Crippen molar-refractivity contribution in [1.82, 2.24) is 20.1 Å². The molecule has 0 aliphatic carbocycles. The van der Waals surface area contributed by atoms with Gasteiger partial charge in [0.15, 0.2) is 10.9 Å². The van der Waals surface area contributed by atoms with E-state index in [-0.39, 0.29) is 29.2 Å². The minimum absolute atomic E-state index is 0.00329. The standard InChI is InChI=1S/C19H24N4O4S/c1-13(24)16(10-14-6-3-2-4-7-14)20-17(25)12-28-19-22-21-18(26)23(19)11-15-8-5-9-27-15/h2-4,6-7,15-16H,5,8-12H2,1H3,(H,20,25)(H,21,26)/t15-,16+/m0/s1. The number of carbonyl (C=O) groups is 2. The molecule has 0 saturated carbocycles. The van der Waals surface area contributed by atoms with Crippen molar-refractivity contribution in [3.63, 3.8) is 0 Å². The maximum atomic E-state index is 12.3. The molecule has 2 atom stereocenters. The number of H-pyrrole nitrogens is 1. The lowest BCUT2D eigenvalue weighted by Gasteiger charge is -2.16. The van der Waals surface area contributed by atoms with Crippen LogP contribution in [0.3, 0.4) is 0 Å². The summed E-state index contributed by atoms with van der Waals surface area (Å²) in [6, 6.07) is 8.96. The molecular formula is C19H24N4O4S. The van der Waals surface area contributed by atoms with E-state index in [2.05, 4.69) is 15.5 Å². The molecule has 1 amide bonds. The number of hydrogen-bond donors (Lipinski definition) is 2. The van der Waals surface area contributed by atoms with Crippen molar-refractivity contribution in [2.24, 2.45) is 0 Å². The molecule has 0 radical (unpaired) electrons. The fraction of sp³-hybridized carbons (Fsp3) is 0.474. The highest BCUT2D eigenvalue weighted by Gasteiger charge is 2.21. The molecule has 0 spiro atoms. The number of ether oxygens (including phenoxy) is 1. The van der Waals surface area contributed by atoms with Gasteiger partial charge in [0.2, 0.25) is 5.91 Å². The molecule has 2 heterocycles. The zero-order chi connectivity index (χ0) is 19.9. The number of amides is 1. The second-order valence-corrected chi connectivity index (χ2v) is 7.71. The van der Waals surface area contributed by atoms with Gasteiger partial charge in [-0.15, -0.1) is 5.10 Å². The number of benzene rings is 1. The highest BCUT2D eigenvalue weighted by atomic mass is 32.2. The average molecular weight is 404 g/mol. The maximum Gasteiger partial charge on any atom is 0.344 e. The number of hydrogen-bond acceptors (Lipinski definition) is 6.